The van der Waals surface area contributed by atoms with E-state index in [4.69, 9.17) is 0 Å². The van der Waals surface area contributed by atoms with Gasteiger partial charge in [-0.2, -0.15) is 0 Å². The highest BCUT2D eigenvalue weighted by Gasteiger charge is 2.27. The molecule has 1 aromatic carbocycles. The van der Waals surface area contributed by atoms with Crippen molar-refractivity contribution < 1.29 is 18.8 Å². The first kappa shape index (κ1) is 12.7. The van der Waals surface area contributed by atoms with Gasteiger partial charge in [-0.1, -0.05) is 6.07 Å². The third-order valence-electron chi connectivity index (χ3n) is 2.93. The van der Waals surface area contributed by atoms with Gasteiger partial charge in [0.05, 0.1) is 4.88 Å². The van der Waals surface area contributed by atoms with E-state index < -0.39 is 17.7 Å². The predicted molar refractivity (Wildman–Crippen MR) is 70.8 cm³/mol. The second-order valence-corrected chi connectivity index (χ2v) is 5.51. The zero-order valence-electron chi connectivity index (χ0n) is 10.2. The van der Waals surface area contributed by atoms with Crippen LogP contribution in [0.25, 0.3) is 10.1 Å². The molecule has 1 fully saturated rings. The van der Waals surface area contributed by atoms with Crippen molar-refractivity contribution >= 4 is 39.1 Å². The van der Waals surface area contributed by atoms with E-state index in [1.165, 1.54) is 17.0 Å². The van der Waals surface area contributed by atoms with Crippen LogP contribution in [0.15, 0.2) is 24.3 Å². The standard InChI is InChI=1S/C13H9FN2O3S/c14-8-2-1-7-3-10(20-9(7)4-8)13(19)16-5-11(17)15-12(18)6-16/h1-4H,5-6H2,(H,15,17,18). The summed E-state index contributed by atoms with van der Waals surface area (Å²) in [7, 11) is 0. The summed E-state index contributed by atoms with van der Waals surface area (Å²) in [6.45, 7) is -0.291. The summed E-state index contributed by atoms with van der Waals surface area (Å²) >= 11 is 1.14. The second-order valence-electron chi connectivity index (χ2n) is 4.43. The number of carbonyl (C=O) groups is 3. The van der Waals surface area contributed by atoms with E-state index in [-0.39, 0.29) is 18.9 Å². The lowest BCUT2D eigenvalue weighted by atomic mass is 10.2. The van der Waals surface area contributed by atoms with Gasteiger partial charge in [-0.25, -0.2) is 4.39 Å². The molecule has 0 saturated carbocycles. The minimum Gasteiger partial charge on any atom is -0.319 e. The molecule has 7 heteroatoms. The Labute approximate surface area is 117 Å². The third-order valence-corrected chi connectivity index (χ3v) is 4.01. The molecular formula is C13H9FN2O3S. The van der Waals surface area contributed by atoms with Crippen LogP contribution in [0.4, 0.5) is 4.39 Å². The Morgan fingerprint density at radius 1 is 1.20 bits per heavy atom. The Bertz CT molecular complexity index is 724. The molecule has 0 unspecified atom stereocenters. The van der Waals surface area contributed by atoms with Gasteiger partial charge >= 0.3 is 0 Å². The molecule has 2 heterocycles. The monoisotopic (exact) mass is 292 g/mol. The molecule has 1 N–H and O–H groups in total. The molecule has 1 aromatic heterocycles. The first-order valence-electron chi connectivity index (χ1n) is 5.84. The Morgan fingerprint density at radius 3 is 2.60 bits per heavy atom. The van der Waals surface area contributed by atoms with Crippen LogP contribution in [0.5, 0.6) is 0 Å². The number of piperazine rings is 1. The lowest BCUT2D eigenvalue weighted by molar-refractivity contribution is -0.135. The number of nitrogens with one attached hydrogen (secondary N) is 1. The maximum absolute atomic E-state index is 13.1. The lowest BCUT2D eigenvalue weighted by Crippen LogP contribution is -2.53. The summed E-state index contributed by atoms with van der Waals surface area (Å²) in [5, 5.41) is 2.89. The molecular weight excluding hydrogens is 283 g/mol. The summed E-state index contributed by atoms with van der Waals surface area (Å²) in [4.78, 5) is 36.3. The lowest BCUT2D eigenvalue weighted by Gasteiger charge is -2.24. The molecule has 0 atom stereocenters. The number of nitrogens with zero attached hydrogens (tertiary/aromatic N) is 1. The Morgan fingerprint density at radius 2 is 1.90 bits per heavy atom. The van der Waals surface area contributed by atoms with Gasteiger partial charge in [0.2, 0.25) is 11.8 Å². The van der Waals surface area contributed by atoms with Crippen molar-refractivity contribution in [2.45, 2.75) is 0 Å². The number of fused-ring (bicyclic) bond motifs is 1. The number of imide groups is 1. The van der Waals surface area contributed by atoms with Gasteiger partial charge in [-0.05, 0) is 23.6 Å². The quantitative estimate of drug-likeness (QED) is 0.802. The molecule has 0 bridgehead atoms. The minimum atomic E-state index is -0.498. The van der Waals surface area contributed by atoms with Crippen molar-refractivity contribution in [1.29, 1.82) is 0 Å². The molecule has 5 nitrogen and oxygen atoms in total. The van der Waals surface area contributed by atoms with Gasteiger partial charge in [0.15, 0.2) is 0 Å². The Balaban J connectivity index is 1.92. The average Bonchev–Trinajstić information content (AvgIpc) is 2.79. The van der Waals surface area contributed by atoms with Crippen molar-refractivity contribution in [3.8, 4) is 0 Å². The van der Waals surface area contributed by atoms with Gasteiger partial charge in [0.25, 0.3) is 5.91 Å². The van der Waals surface area contributed by atoms with Crippen molar-refractivity contribution in [2.75, 3.05) is 13.1 Å². The van der Waals surface area contributed by atoms with Crippen LogP contribution >= 0.6 is 11.3 Å². The molecule has 20 heavy (non-hydrogen) atoms. The Kier molecular flexibility index (Phi) is 2.98. The average molecular weight is 292 g/mol. The van der Waals surface area contributed by atoms with Crippen molar-refractivity contribution in [3.05, 3.63) is 35.0 Å². The first-order valence-corrected chi connectivity index (χ1v) is 6.65. The molecule has 0 spiro atoms. The van der Waals surface area contributed by atoms with E-state index in [0.717, 1.165) is 16.7 Å². The fourth-order valence-electron chi connectivity index (χ4n) is 2.05. The number of hydrogen-bond donors (Lipinski definition) is 1. The molecule has 2 aromatic rings. The fourth-order valence-corrected chi connectivity index (χ4v) is 3.10. The number of amides is 3. The highest BCUT2D eigenvalue weighted by molar-refractivity contribution is 7.20. The van der Waals surface area contributed by atoms with Gasteiger partial charge in [0, 0.05) is 4.70 Å². The normalized spacial score (nSPS) is 15.6. The van der Waals surface area contributed by atoms with Gasteiger partial charge in [0.1, 0.15) is 18.9 Å². The molecule has 102 valence electrons. The van der Waals surface area contributed by atoms with E-state index in [1.807, 2.05) is 0 Å². The third kappa shape index (κ3) is 2.27. The van der Waals surface area contributed by atoms with E-state index in [2.05, 4.69) is 5.32 Å². The summed E-state index contributed by atoms with van der Waals surface area (Å²) in [5.74, 6) is -1.76. The maximum atomic E-state index is 13.1. The SMILES string of the molecule is O=C1CN(C(=O)c2cc3ccc(F)cc3s2)CC(=O)N1. The molecule has 3 rings (SSSR count). The smallest absolute Gasteiger partial charge is 0.264 e. The fraction of sp³-hybridized carbons (Fsp3) is 0.154. The van der Waals surface area contributed by atoms with Gasteiger partial charge < -0.3 is 4.90 Å². The molecule has 0 aliphatic carbocycles. The van der Waals surface area contributed by atoms with Crippen LogP contribution in [0, 0.1) is 5.82 Å². The highest BCUT2D eigenvalue weighted by atomic mass is 32.1. The number of thiophene rings is 1. The van der Waals surface area contributed by atoms with Crippen LogP contribution in [0.3, 0.4) is 0 Å². The molecule has 3 amide bonds. The Hall–Kier alpha value is -2.28. The predicted octanol–water partition coefficient (Wildman–Crippen LogP) is 1.14. The van der Waals surface area contributed by atoms with Crippen molar-refractivity contribution in [1.82, 2.24) is 10.2 Å². The number of rotatable bonds is 1. The molecule has 1 aliphatic heterocycles. The molecule has 1 aliphatic rings. The number of halogens is 1. The summed E-state index contributed by atoms with van der Waals surface area (Å²) < 4.78 is 13.8. The van der Waals surface area contributed by atoms with Crippen LogP contribution < -0.4 is 5.32 Å². The van der Waals surface area contributed by atoms with Crippen molar-refractivity contribution in [3.63, 3.8) is 0 Å². The maximum Gasteiger partial charge on any atom is 0.264 e. The highest BCUT2D eigenvalue weighted by Crippen LogP contribution is 2.27. The topological polar surface area (TPSA) is 66.5 Å². The zero-order valence-corrected chi connectivity index (χ0v) is 11.0. The summed E-state index contributed by atoms with van der Waals surface area (Å²) in [6.07, 6.45) is 0. The molecule has 1 saturated heterocycles. The first-order chi connectivity index (χ1) is 9.52. The number of carbonyl (C=O) groups excluding carboxylic acids is 3. The molecule has 0 radical (unpaired) electrons. The van der Waals surface area contributed by atoms with E-state index in [0.29, 0.717) is 9.58 Å². The van der Waals surface area contributed by atoms with Crippen molar-refractivity contribution in [2.24, 2.45) is 0 Å². The van der Waals surface area contributed by atoms with Gasteiger partial charge in [-0.3, -0.25) is 19.7 Å². The van der Waals surface area contributed by atoms with Crippen LogP contribution in [-0.4, -0.2) is 35.7 Å². The number of benzene rings is 1. The summed E-state index contributed by atoms with van der Waals surface area (Å²) in [5.41, 5.74) is 0. The van der Waals surface area contributed by atoms with E-state index >= 15 is 0 Å². The number of hydrogen-bond acceptors (Lipinski definition) is 4. The summed E-state index contributed by atoms with van der Waals surface area (Å²) in [6, 6.07) is 5.90. The van der Waals surface area contributed by atoms with Crippen LogP contribution in [0.2, 0.25) is 0 Å². The zero-order chi connectivity index (χ0) is 14.3. The van der Waals surface area contributed by atoms with E-state index in [9.17, 15) is 18.8 Å². The minimum absolute atomic E-state index is 0.146. The van der Waals surface area contributed by atoms with Crippen LogP contribution in [0.1, 0.15) is 9.67 Å². The van der Waals surface area contributed by atoms with Gasteiger partial charge in [-0.15, -0.1) is 11.3 Å². The van der Waals surface area contributed by atoms with E-state index in [1.54, 1.807) is 12.1 Å². The second kappa shape index (κ2) is 4.68. The van der Waals surface area contributed by atoms with Crippen LogP contribution in [-0.2, 0) is 9.59 Å². The largest absolute Gasteiger partial charge is 0.319 e.